The summed E-state index contributed by atoms with van der Waals surface area (Å²) in [6.07, 6.45) is 0.843. The van der Waals surface area contributed by atoms with E-state index in [1.165, 1.54) is 0 Å². The average Bonchev–Trinajstić information content (AvgIpc) is 2.97. The Morgan fingerprint density at radius 3 is 3.00 bits per heavy atom. The zero-order valence-corrected chi connectivity index (χ0v) is 12.8. The van der Waals surface area contributed by atoms with Crippen molar-refractivity contribution in [3.05, 3.63) is 11.8 Å². The van der Waals surface area contributed by atoms with E-state index in [-0.39, 0.29) is 17.9 Å². The monoisotopic (exact) mass is 304 g/mol. The molecule has 1 aromatic rings. The van der Waals surface area contributed by atoms with Crippen LogP contribution < -0.4 is 10.6 Å². The standard InChI is InChI=1S/C14H20N6O2/c1-10-6-12(18-20(10)5-3-4-15)17-14(22)16-8-11-7-13(21)19(2)9-11/h6,11H,3,5,7-9H2,1-2H3,(H2,16,17,18,22). The highest BCUT2D eigenvalue weighted by Gasteiger charge is 2.26. The van der Waals surface area contributed by atoms with Crippen molar-refractivity contribution in [3.8, 4) is 6.07 Å². The van der Waals surface area contributed by atoms with E-state index < -0.39 is 0 Å². The van der Waals surface area contributed by atoms with Gasteiger partial charge in [-0.1, -0.05) is 0 Å². The van der Waals surface area contributed by atoms with Gasteiger partial charge in [0.15, 0.2) is 5.82 Å². The number of aryl methyl sites for hydroxylation is 2. The van der Waals surface area contributed by atoms with Crippen LogP contribution in [0.4, 0.5) is 10.6 Å². The highest BCUT2D eigenvalue weighted by Crippen LogP contribution is 2.15. The van der Waals surface area contributed by atoms with Crippen molar-refractivity contribution in [2.24, 2.45) is 5.92 Å². The Morgan fingerprint density at radius 1 is 1.59 bits per heavy atom. The van der Waals surface area contributed by atoms with E-state index in [0.717, 1.165) is 5.69 Å². The molecule has 0 aliphatic carbocycles. The normalized spacial score (nSPS) is 17.4. The van der Waals surface area contributed by atoms with Crippen LogP contribution in [0, 0.1) is 24.2 Å². The maximum absolute atomic E-state index is 11.8. The third kappa shape index (κ3) is 3.97. The molecule has 22 heavy (non-hydrogen) atoms. The van der Waals surface area contributed by atoms with Crippen LogP contribution in [0.25, 0.3) is 0 Å². The maximum Gasteiger partial charge on any atom is 0.320 e. The molecule has 0 aromatic carbocycles. The molecule has 1 atom stereocenters. The molecule has 8 nitrogen and oxygen atoms in total. The molecule has 1 aliphatic rings. The van der Waals surface area contributed by atoms with Gasteiger partial charge in [0.1, 0.15) is 0 Å². The Hall–Kier alpha value is -2.56. The van der Waals surface area contributed by atoms with E-state index in [2.05, 4.69) is 21.8 Å². The molecule has 118 valence electrons. The summed E-state index contributed by atoms with van der Waals surface area (Å²) in [6.45, 7) is 3.49. The summed E-state index contributed by atoms with van der Waals surface area (Å²) < 4.78 is 1.68. The number of amides is 3. The number of nitriles is 1. The molecule has 2 N–H and O–H groups in total. The third-order valence-electron chi connectivity index (χ3n) is 3.63. The van der Waals surface area contributed by atoms with Crippen molar-refractivity contribution >= 4 is 17.8 Å². The Labute approximate surface area is 129 Å². The van der Waals surface area contributed by atoms with Crippen molar-refractivity contribution in [1.82, 2.24) is 20.0 Å². The fourth-order valence-corrected chi connectivity index (χ4v) is 2.44. The summed E-state index contributed by atoms with van der Waals surface area (Å²) in [5.41, 5.74) is 0.883. The quantitative estimate of drug-likeness (QED) is 0.836. The van der Waals surface area contributed by atoms with E-state index in [0.29, 0.717) is 38.3 Å². The first-order chi connectivity index (χ1) is 10.5. The number of hydrogen-bond acceptors (Lipinski definition) is 4. The number of aromatic nitrogens is 2. The number of hydrogen-bond donors (Lipinski definition) is 2. The van der Waals surface area contributed by atoms with Crippen LogP contribution in [-0.4, -0.2) is 46.8 Å². The topological polar surface area (TPSA) is 103 Å². The highest BCUT2D eigenvalue weighted by molar-refractivity contribution is 5.88. The summed E-state index contributed by atoms with van der Waals surface area (Å²) >= 11 is 0. The Kier molecular flexibility index (Phi) is 4.99. The minimum absolute atomic E-state index is 0.110. The number of anilines is 1. The molecule has 0 spiro atoms. The first-order valence-electron chi connectivity index (χ1n) is 7.20. The molecule has 2 heterocycles. The maximum atomic E-state index is 11.8. The van der Waals surface area contributed by atoms with Crippen molar-refractivity contribution in [3.63, 3.8) is 0 Å². The van der Waals surface area contributed by atoms with E-state index >= 15 is 0 Å². The van der Waals surface area contributed by atoms with Crippen LogP contribution in [0.3, 0.4) is 0 Å². The van der Waals surface area contributed by atoms with Gasteiger partial charge in [-0.15, -0.1) is 0 Å². The number of likely N-dealkylation sites (tertiary alicyclic amines) is 1. The van der Waals surface area contributed by atoms with E-state index in [9.17, 15) is 9.59 Å². The summed E-state index contributed by atoms with van der Waals surface area (Å²) in [4.78, 5) is 24.9. The summed E-state index contributed by atoms with van der Waals surface area (Å²) in [7, 11) is 1.76. The van der Waals surface area contributed by atoms with Gasteiger partial charge in [0.25, 0.3) is 0 Å². The molecule has 1 unspecified atom stereocenters. The van der Waals surface area contributed by atoms with Gasteiger partial charge in [-0.25, -0.2) is 4.79 Å². The molecule has 3 amide bonds. The van der Waals surface area contributed by atoms with Crippen LogP contribution in [0.1, 0.15) is 18.5 Å². The first kappa shape index (κ1) is 15.8. The van der Waals surface area contributed by atoms with Crippen molar-refractivity contribution < 1.29 is 9.59 Å². The number of nitrogens with one attached hydrogen (secondary N) is 2. The SMILES string of the molecule is Cc1cc(NC(=O)NCC2CC(=O)N(C)C2)nn1CCC#N. The van der Waals surface area contributed by atoms with Gasteiger partial charge in [0.05, 0.1) is 19.0 Å². The molecule has 8 heteroatoms. The molecular weight excluding hydrogens is 284 g/mol. The highest BCUT2D eigenvalue weighted by atomic mass is 16.2. The van der Waals surface area contributed by atoms with Crippen LogP contribution in [0.5, 0.6) is 0 Å². The predicted molar refractivity (Wildman–Crippen MR) is 80.0 cm³/mol. The Bertz CT molecular complexity index is 603. The largest absolute Gasteiger partial charge is 0.345 e. The molecule has 2 rings (SSSR count). The molecule has 0 saturated carbocycles. The second-order valence-electron chi connectivity index (χ2n) is 5.48. The molecule has 1 aromatic heterocycles. The summed E-state index contributed by atoms with van der Waals surface area (Å²) in [5, 5.41) is 18.2. The third-order valence-corrected chi connectivity index (χ3v) is 3.63. The minimum atomic E-state index is -0.341. The van der Waals surface area contributed by atoms with Crippen LogP contribution in [-0.2, 0) is 11.3 Å². The van der Waals surface area contributed by atoms with E-state index in [4.69, 9.17) is 5.26 Å². The van der Waals surface area contributed by atoms with Crippen molar-refractivity contribution in [2.75, 3.05) is 25.5 Å². The van der Waals surface area contributed by atoms with Crippen molar-refractivity contribution in [1.29, 1.82) is 5.26 Å². The molecule has 1 aliphatic heterocycles. The molecule has 0 radical (unpaired) electrons. The van der Waals surface area contributed by atoms with Crippen LogP contribution in [0.15, 0.2) is 6.07 Å². The zero-order valence-electron chi connectivity index (χ0n) is 12.8. The second-order valence-corrected chi connectivity index (χ2v) is 5.48. The average molecular weight is 304 g/mol. The van der Waals surface area contributed by atoms with E-state index in [1.807, 2.05) is 6.92 Å². The van der Waals surface area contributed by atoms with Crippen LogP contribution in [0.2, 0.25) is 0 Å². The lowest BCUT2D eigenvalue weighted by atomic mass is 10.1. The van der Waals surface area contributed by atoms with Gasteiger partial charge < -0.3 is 10.2 Å². The van der Waals surface area contributed by atoms with Gasteiger partial charge in [0, 0.05) is 44.2 Å². The number of rotatable bonds is 5. The summed E-state index contributed by atoms with van der Waals surface area (Å²) in [5.74, 6) is 0.713. The Balaban J connectivity index is 1.80. The van der Waals surface area contributed by atoms with Gasteiger partial charge in [-0.2, -0.15) is 10.4 Å². The molecule has 0 bridgehead atoms. The molecule has 1 fully saturated rings. The van der Waals surface area contributed by atoms with Crippen molar-refractivity contribution in [2.45, 2.75) is 26.3 Å². The zero-order chi connectivity index (χ0) is 16.1. The number of urea groups is 1. The smallest absolute Gasteiger partial charge is 0.320 e. The summed E-state index contributed by atoms with van der Waals surface area (Å²) in [6, 6.07) is 3.47. The van der Waals surface area contributed by atoms with Gasteiger partial charge >= 0.3 is 6.03 Å². The second kappa shape index (κ2) is 6.93. The van der Waals surface area contributed by atoms with Gasteiger partial charge in [-0.3, -0.25) is 14.8 Å². The lowest BCUT2D eigenvalue weighted by molar-refractivity contribution is -0.126. The Morgan fingerprint density at radius 2 is 2.36 bits per heavy atom. The number of nitrogens with zero attached hydrogens (tertiary/aromatic N) is 4. The van der Waals surface area contributed by atoms with Gasteiger partial charge in [-0.05, 0) is 6.92 Å². The number of carbonyl (C=O) groups is 2. The first-order valence-corrected chi connectivity index (χ1v) is 7.20. The predicted octanol–water partition coefficient (Wildman–Crippen LogP) is 0.705. The lowest BCUT2D eigenvalue weighted by Crippen LogP contribution is -2.34. The van der Waals surface area contributed by atoms with Gasteiger partial charge in [0.2, 0.25) is 5.91 Å². The molecule has 1 saturated heterocycles. The minimum Gasteiger partial charge on any atom is -0.345 e. The fraction of sp³-hybridized carbons (Fsp3) is 0.571. The molecular formula is C14H20N6O2. The van der Waals surface area contributed by atoms with Crippen LogP contribution >= 0.6 is 0 Å². The lowest BCUT2D eigenvalue weighted by Gasteiger charge is -2.11. The number of carbonyl (C=O) groups excluding carboxylic acids is 2. The fourth-order valence-electron chi connectivity index (χ4n) is 2.44. The van der Waals surface area contributed by atoms with E-state index in [1.54, 1.807) is 22.7 Å².